The molecule has 0 spiro atoms. The summed E-state index contributed by atoms with van der Waals surface area (Å²) in [6, 6.07) is 17.6. The molecule has 5 nitrogen and oxygen atoms in total. The summed E-state index contributed by atoms with van der Waals surface area (Å²) in [5.41, 5.74) is 1.94. The Kier molecular flexibility index (Phi) is 4.55. The first-order valence-electron chi connectivity index (χ1n) is 9.24. The highest BCUT2D eigenvalue weighted by atomic mass is 16.3. The van der Waals surface area contributed by atoms with E-state index in [0.717, 1.165) is 51.4 Å². The molecule has 2 aromatic carbocycles. The number of aromatic hydroxyl groups is 1. The molecule has 0 aliphatic carbocycles. The summed E-state index contributed by atoms with van der Waals surface area (Å²) in [5, 5.41) is 13.0. The van der Waals surface area contributed by atoms with Crippen LogP contribution in [-0.4, -0.2) is 55.2 Å². The molecule has 0 aromatic heterocycles. The molecule has 2 fully saturated rings. The number of phenolic OH excluding ortho intramolecular Hbond substituents is 1. The van der Waals surface area contributed by atoms with Gasteiger partial charge in [-0.25, -0.2) is 0 Å². The highest BCUT2D eigenvalue weighted by Gasteiger charge is 2.46. The Morgan fingerprint density at radius 2 is 1.73 bits per heavy atom. The Labute approximate surface area is 154 Å². The molecule has 0 atom stereocenters. The third-order valence-electron chi connectivity index (χ3n) is 5.53. The summed E-state index contributed by atoms with van der Waals surface area (Å²) in [6.45, 7) is 4.56. The van der Waals surface area contributed by atoms with Crippen LogP contribution in [0.5, 0.6) is 5.75 Å². The number of anilines is 1. The topological polar surface area (TPSA) is 55.8 Å². The number of nitrogens with zero attached hydrogens (tertiary/aromatic N) is 2. The van der Waals surface area contributed by atoms with Crippen molar-refractivity contribution in [1.82, 2.24) is 10.2 Å². The summed E-state index contributed by atoms with van der Waals surface area (Å²) >= 11 is 0. The van der Waals surface area contributed by atoms with Gasteiger partial charge in [-0.3, -0.25) is 4.79 Å². The molecule has 1 amide bonds. The normalized spacial score (nSPS) is 19.1. The van der Waals surface area contributed by atoms with Gasteiger partial charge in [-0.1, -0.05) is 36.4 Å². The second-order valence-electron chi connectivity index (χ2n) is 7.35. The fraction of sp³-hybridized carbons (Fsp3) is 0.381. The van der Waals surface area contributed by atoms with Gasteiger partial charge in [0.15, 0.2) is 0 Å². The van der Waals surface area contributed by atoms with Crippen molar-refractivity contribution in [3.05, 3.63) is 60.2 Å². The lowest BCUT2D eigenvalue weighted by molar-refractivity contribution is -0.145. The van der Waals surface area contributed by atoms with Crippen LogP contribution >= 0.6 is 0 Å². The molecule has 2 heterocycles. The number of phenols is 1. The molecule has 0 saturated carbocycles. The third kappa shape index (κ3) is 3.27. The number of nitrogens with one attached hydrogen (secondary N) is 1. The standard InChI is InChI=1S/C21H25N3O2/c25-19-8-4-7-18(13-19)23-9-11-24(12-10-23)20(26)21(15-22-16-21)14-17-5-2-1-3-6-17/h1-8,13,22,25H,9-12,14-16H2. The molecule has 0 bridgehead atoms. The van der Waals surface area contributed by atoms with Gasteiger partial charge in [0.2, 0.25) is 5.91 Å². The monoisotopic (exact) mass is 351 g/mol. The number of amides is 1. The molecule has 2 aromatic rings. The summed E-state index contributed by atoms with van der Waals surface area (Å²) in [5.74, 6) is 0.555. The van der Waals surface area contributed by atoms with Crippen LogP contribution in [-0.2, 0) is 11.2 Å². The molecule has 136 valence electrons. The zero-order valence-electron chi connectivity index (χ0n) is 14.9. The zero-order valence-corrected chi connectivity index (χ0v) is 14.9. The minimum Gasteiger partial charge on any atom is -0.508 e. The molecule has 26 heavy (non-hydrogen) atoms. The van der Waals surface area contributed by atoms with Crippen molar-refractivity contribution in [1.29, 1.82) is 0 Å². The third-order valence-corrected chi connectivity index (χ3v) is 5.53. The smallest absolute Gasteiger partial charge is 0.231 e. The van der Waals surface area contributed by atoms with Crippen LogP contribution in [0.15, 0.2) is 54.6 Å². The molecule has 2 aliphatic rings. The van der Waals surface area contributed by atoms with Gasteiger partial charge in [0.1, 0.15) is 5.75 Å². The summed E-state index contributed by atoms with van der Waals surface area (Å²) in [6.07, 6.45) is 0.798. The Balaban J connectivity index is 1.41. The first-order chi connectivity index (χ1) is 12.7. The predicted molar refractivity (Wildman–Crippen MR) is 102 cm³/mol. The Bertz CT molecular complexity index is 766. The van der Waals surface area contributed by atoms with Crippen molar-refractivity contribution in [2.45, 2.75) is 6.42 Å². The molecular formula is C21H25N3O2. The second-order valence-corrected chi connectivity index (χ2v) is 7.35. The van der Waals surface area contributed by atoms with E-state index in [-0.39, 0.29) is 17.1 Å². The van der Waals surface area contributed by atoms with E-state index >= 15 is 0 Å². The quantitative estimate of drug-likeness (QED) is 0.883. The number of hydrogen-bond donors (Lipinski definition) is 2. The van der Waals surface area contributed by atoms with Crippen molar-refractivity contribution in [2.75, 3.05) is 44.2 Å². The predicted octanol–water partition coefficient (Wildman–Crippen LogP) is 1.87. The summed E-state index contributed by atoms with van der Waals surface area (Å²) in [7, 11) is 0. The van der Waals surface area contributed by atoms with E-state index in [4.69, 9.17) is 0 Å². The number of benzene rings is 2. The van der Waals surface area contributed by atoms with Crippen molar-refractivity contribution in [3.63, 3.8) is 0 Å². The van der Waals surface area contributed by atoms with Crippen LogP contribution in [0.2, 0.25) is 0 Å². The number of hydrogen-bond acceptors (Lipinski definition) is 4. The van der Waals surface area contributed by atoms with Gasteiger partial charge in [-0.05, 0) is 24.1 Å². The average Bonchev–Trinajstić information content (AvgIpc) is 2.65. The molecule has 4 rings (SSSR count). The van der Waals surface area contributed by atoms with Gasteiger partial charge in [0.05, 0.1) is 5.41 Å². The minimum absolute atomic E-state index is 0.274. The Hall–Kier alpha value is -2.53. The lowest BCUT2D eigenvalue weighted by atomic mass is 9.75. The van der Waals surface area contributed by atoms with Crippen molar-refractivity contribution in [3.8, 4) is 5.75 Å². The summed E-state index contributed by atoms with van der Waals surface area (Å²) in [4.78, 5) is 17.5. The molecule has 2 saturated heterocycles. The minimum atomic E-state index is -0.297. The van der Waals surface area contributed by atoms with Crippen molar-refractivity contribution < 1.29 is 9.90 Å². The number of piperazine rings is 1. The van der Waals surface area contributed by atoms with E-state index in [2.05, 4.69) is 22.3 Å². The van der Waals surface area contributed by atoms with Crippen LogP contribution in [0.4, 0.5) is 5.69 Å². The molecule has 0 unspecified atom stereocenters. The lowest BCUT2D eigenvalue weighted by Crippen LogP contribution is -2.65. The molecule has 0 radical (unpaired) electrons. The lowest BCUT2D eigenvalue weighted by Gasteiger charge is -2.46. The van der Waals surface area contributed by atoms with Crippen LogP contribution in [0.25, 0.3) is 0 Å². The Morgan fingerprint density at radius 3 is 2.35 bits per heavy atom. The fourth-order valence-corrected chi connectivity index (χ4v) is 3.96. The Morgan fingerprint density at radius 1 is 1.00 bits per heavy atom. The van der Waals surface area contributed by atoms with E-state index in [0.29, 0.717) is 0 Å². The molecule has 5 heteroatoms. The zero-order chi connectivity index (χ0) is 18.0. The van der Waals surface area contributed by atoms with Crippen LogP contribution < -0.4 is 10.2 Å². The maximum Gasteiger partial charge on any atom is 0.231 e. The van der Waals surface area contributed by atoms with Gasteiger partial charge in [0.25, 0.3) is 0 Å². The van der Waals surface area contributed by atoms with Crippen molar-refractivity contribution >= 4 is 11.6 Å². The van der Waals surface area contributed by atoms with E-state index in [1.54, 1.807) is 12.1 Å². The number of carbonyl (C=O) groups is 1. The van der Waals surface area contributed by atoms with E-state index in [1.807, 2.05) is 35.2 Å². The van der Waals surface area contributed by atoms with Gasteiger partial charge >= 0.3 is 0 Å². The largest absolute Gasteiger partial charge is 0.508 e. The SMILES string of the molecule is O=C(N1CCN(c2cccc(O)c2)CC1)C1(Cc2ccccc2)CNC1. The van der Waals surface area contributed by atoms with Crippen LogP contribution in [0, 0.1) is 5.41 Å². The number of carbonyl (C=O) groups excluding carboxylic acids is 1. The molecule has 2 N–H and O–H groups in total. The first-order valence-corrected chi connectivity index (χ1v) is 9.24. The van der Waals surface area contributed by atoms with Gasteiger partial charge in [-0.15, -0.1) is 0 Å². The second kappa shape index (κ2) is 7.00. The fourth-order valence-electron chi connectivity index (χ4n) is 3.96. The van der Waals surface area contributed by atoms with E-state index in [9.17, 15) is 9.90 Å². The van der Waals surface area contributed by atoms with Gasteiger partial charge < -0.3 is 20.2 Å². The molecular weight excluding hydrogens is 326 g/mol. The van der Waals surface area contributed by atoms with Gasteiger partial charge in [-0.2, -0.15) is 0 Å². The van der Waals surface area contributed by atoms with Gasteiger partial charge in [0, 0.05) is 51.0 Å². The van der Waals surface area contributed by atoms with Crippen LogP contribution in [0.1, 0.15) is 5.56 Å². The van der Waals surface area contributed by atoms with Crippen molar-refractivity contribution in [2.24, 2.45) is 5.41 Å². The van der Waals surface area contributed by atoms with E-state index in [1.165, 1.54) is 5.56 Å². The summed E-state index contributed by atoms with van der Waals surface area (Å²) < 4.78 is 0. The highest BCUT2D eigenvalue weighted by molar-refractivity contribution is 5.85. The maximum absolute atomic E-state index is 13.2. The average molecular weight is 351 g/mol. The van der Waals surface area contributed by atoms with Crippen LogP contribution in [0.3, 0.4) is 0 Å². The maximum atomic E-state index is 13.2. The molecule has 2 aliphatic heterocycles. The first kappa shape index (κ1) is 16.9. The number of rotatable bonds is 4. The van der Waals surface area contributed by atoms with E-state index < -0.39 is 0 Å². The highest BCUT2D eigenvalue weighted by Crippen LogP contribution is 2.31.